The van der Waals surface area contributed by atoms with Gasteiger partial charge in [0.2, 0.25) is 0 Å². The number of ether oxygens (including phenoxy) is 1. The smallest absolute Gasteiger partial charge is 0.253 e. The van der Waals surface area contributed by atoms with Crippen LogP contribution in [-0.4, -0.2) is 62.7 Å². The Bertz CT molecular complexity index is 1170. The van der Waals surface area contributed by atoms with E-state index in [2.05, 4.69) is 24.5 Å². The highest BCUT2D eigenvalue weighted by Gasteiger charge is 2.21. The lowest BCUT2D eigenvalue weighted by molar-refractivity contribution is 0.0827. The van der Waals surface area contributed by atoms with Gasteiger partial charge in [-0.2, -0.15) is 0 Å². The Morgan fingerprint density at radius 3 is 2.50 bits per heavy atom. The second-order valence-corrected chi connectivity index (χ2v) is 8.53. The number of rotatable bonds is 8. The second-order valence-electron chi connectivity index (χ2n) is 8.53. The number of likely N-dealkylation sites (N-methyl/N-ethyl adjacent to an activating group) is 1. The summed E-state index contributed by atoms with van der Waals surface area (Å²) in [7, 11) is 3.41. The Balaban J connectivity index is 2.18. The van der Waals surface area contributed by atoms with Crippen molar-refractivity contribution in [2.75, 3.05) is 51.8 Å². The first-order valence-electron chi connectivity index (χ1n) is 11.7. The van der Waals surface area contributed by atoms with E-state index in [1.807, 2.05) is 30.9 Å². The summed E-state index contributed by atoms with van der Waals surface area (Å²) in [6.07, 6.45) is 5.80. The highest BCUT2D eigenvalue weighted by molar-refractivity contribution is 5.98. The molecule has 2 aromatic rings. The number of anilines is 1. The van der Waals surface area contributed by atoms with E-state index in [0.29, 0.717) is 55.3 Å². The molecule has 0 spiro atoms. The molecule has 1 aliphatic heterocycles. The molecule has 1 amide bonds. The first kappa shape index (κ1) is 25.3. The maximum absolute atomic E-state index is 13.2. The van der Waals surface area contributed by atoms with Gasteiger partial charge in [0.05, 0.1) is 18.6 Å². The van der Waals surface area contributed by atoms with Crippen molar-refractivity contribution in [1.82, 2.24) is 9.80 Å². The van der Waals surface area contributed by atoms with Gasteiger partial charge in [0, 0.05) is 63.2 Å². The van der Waals surface area contributed by atoms with Gasteiger partial charge >= 0.3 is 0 Å². The van der Waals surface area contributed by atoms with Crippen LogP contribution in [0.2, 0.25) is 0 Å². The lowest BCUT2D eigenvalue weighted by Gasteiger charge is -2.29. The molecule has 2 heterocycles. The van der Waals surface area contributed by atoms with Crippen LogP contribution in [0.1, 0.15) is 36.7 Å². The molecule has 0 saturated carbocycles. The molecule has 182 valence electrons. The normalized spacial score (nSPS) is 14.9. The summed E-state index contributed by atoms with van der Waals surface area (Å²) in [5.74, 6) is 0.377. The van der Waals surface area contributed by atoms with Gasteiger partial charge in [-0.25, -0.2) is 0 Å². The number of nitrogens with zero attached hydrogens (tertiary/aromatic N) is 3. The van der Waals surface area contributed by atoms with Crippen LogP contribution < -0.4 is 10.3 Å². The number of carbonyl (C=O) groups excluding carboxylic acids is 1. The summed E-state index contributed by atoms with van der Waals surface area (Å²) in [5, 5.41) is 0.413. The summed E-state index contributed by atoms with van der Waals surface area (Å²) >= 11 is 0. The van der Waals surface area contributed by atoms with Crippen LogP contribution in [0, 0.1) is 0 Å². The molecule has 0 N–H and O–H groups in total. The molecule has 0 unspecified atom stereocenters. The molecular weight excluding hydrogens is 430 g/mol. The summed E-state index contributed by atoms with van der Waals surface area (Å²) in [6.45, 7) is 13.7. The molecule has 1 aromatic carbocycles. The van der Waals surface area contributed by atoms with Gasteiger partial charge in [-0.05, 0) is 38.5 Å². The van der Waals surface area contributed by atoms with Crippen LogP contribution in [0.4, 0.5) is 5.88 Å². The lowest BCUT2D eigenvalue weighted by Crippen LogP contribution is -2.36. The number of benzene rings is 1. The SMILES string of the molecule is C=C/C=C(C)\C(=C/C)N(CC)Cc1cc(C(=O)N(C)C)cc2c(=O)cc(N3CCOCC3)oc12. The number of allylic oxidation sites excluding steroid dienone is 4. The summed E-state index contributed by atoms with van der Waals surface area (Å²) in [6, 6.07) is 5.01. The summed E-state index contributed by atoms with van der Waals surface area (Å²) in [4.78, 5) is 31.8. The molecule has 1 aromatic heterocycles. The third-order valence-corrected chi connectivity index (χ3v) is 6.00. The zero-order chi connectivity index (χ0) is 24.8. The van der Waals surface area contributed by atoms with Crippen molar-refractivity contribution in [2.45, 2.75) is 27.3 Å². The monoisotopic (exact) mass is 465 g/mol. The largest absolute Gasteiger partial charge is 0.440 e. The Labute approximate surface area is 201 Å². The molecule has 1 saturated heterocycles. The predicted octanol–water partition coefficient (Wildman–Crippen LogP) is 4.19. The van der Waals surface area contributed by atoms with Gasteiger partial charge in [0.1, 0.15) is 5.58 Å². The van der Waals surface area contributed by atoms with Crippen molar-refractivity contribution in [2.24, 2.45) is 0 Å². The van der Waals surface area contributed by atoms with E-state index in [9.17, 15) is 9.59 Å². The molecule has 34 heavy (non-hydrogen) atoms. The number of hydrogen-bond acceptors (Lipinski definition) is 6. The van der Waals surface area contributed by atoms with Crippen molar-refractivity contribution >= 4 is 22.8 Å². The average molecular weight is 466 g/mol. The molecular formula is C27H35N3O4. The van der Waals surface area contributed by atoms with E-state index >= 15 is 0 Å². The van der Waals surface area contributed by atoms with Gasteiger partial charge in [-0.3, -0.25) is 9.59 Å². The number of amides is 1. The zero-order valence-electron chi connectivity index (χ0n) is 20.9. The molecule has 0 bridgehead atoms. The van der Waals surface area contributed by atoms with E-state index in [-0.39, 0.29) is 11.3 Å². The minimum atomic E-state index is -0.158. The zero-order valence-corrected chi connectivity index (χ0v) is 20.9. The fourth-order valence-electron chi connectivity index (χ4n) is 4.25. The van der Waals surface area contributed by atoms with Gasteiger partial charge in [0.15, 0.2) is 11.3 Å². The standard InChI is InChI=1S/C27H35N3O4/c1-7-10-19(4)23(8-2)29(9-3)18-21-15-20(27(32)28(5)6)16-22-24(31)17-25(34-26(21)22)30-11-13-33-14-12-30/h7-8,10,15-17H,1,9,11-14,18H2,2-6H3/b19-10-,23-8+. The molecule has 3 rings (SSSR count). The van der Waals surface area contributed by atoms with Crippen molar-refractivity contribution in [1.29, 1.82) is 0 Å². The van der Waals surface area contributed by atoms with Crippen LogP contribution in [0.15, 0.2) is 63.5 Å². The average Bonchev–Trinajstić information content (AvgIpc) is 2.84. The van der Waals surface area contributed by atoms with Gasteiger partial charge < -0.3 is 23.9 Å². The van der Waals surface area contributed by atoms with Crippen LogP contribution in [0.5, 0.6) is 0 Å². The van der Waals surface area contributed by atoms with Gasteiger partial charge in [-0.15, -0.1) is 0 Å². The topological polar surface area (TPSA) is 66.2 Å². The Kier molecular flexibility index (Phi) is 8.34. The molecule has 7 heteroatoms. The Morgan fingerprint density at radius 2 is 1.91 bits per heavy atom. The van der Waals surface area contributed by atoms with E-state index < -0.39 is 0 Å². The van der Waals surface area contributed by atoms with E-state index in [0.717, 1.165) is 23.4 Å². The summed E-state index contributed by atoms with van der Waals surface area (Å²) < 4.78 is 11.8. The van der Waals surface area contributed by atoms with E-state index in [4.69, 9.17) is 9.15 Å². The van der Waals surface area contributed by atoms with Gasteiger partial charge in [-0.1, -0.05) is 24.8 Å². The van der Waals surface area contributed by atoms with Crippen LogP contribution in [0.25, 0.3) is 11.0 Å². The Hall–Kier alpha value is -3.32. The molecule has 7 nitrogen and oxygen atoms in total. The first-order valence-corrected chi connectivity index (χ1v) is 11.7. The quantitative estimate of drug-likeness (QED) is 0.545. The molecule has 0 atom stereocenters. The van der Waals surface area contributed by atoms with Crippen LogP contribution >= 0.6 is 0 Å². The number of carbonyl (C=O) groups is 1. The van der Waals surface area contributed by atoms with E-state index in [1.54, 1.807) is 26.2 Å². The predicted molar refractivity (Wildman–Crippen MR) is 137 cm³/mol. The number of fused-ring (bicyclic) bond motifs is 1. The molecule has 1 aliphatic rings. The lowest BCUT2D eigenvalue weighted by atomic mass is 10.0. The third kappa shape index (κ3) is 5.42. The van der Waals surface area contributed by atoms with Crippen molar-refractivity contribution in [3.05, 3.63) is 75.6 Å². The molecule has 0 aliphatic carbocycles. The maximum Gasteiger partial charge on any atom is 0.253 e. The third-order valence-electron chi connectivity index (χ3n) is 6.00. The second kappa shape index (κ2) is 11.2. The molecule has 0 radical (unpaired) electrons. The molecule has 1 fully saturated rings. The maximum atomic E-state index is 13.2. The van der Waals surface area contributed by atoms with Gasteiger partial charge in [0.25, 0.3) is 5.91 Å². The fraction of sp³-hybridized carbons (Fsp3) is 0.407. The Morgan fingerprint density at radius 1 is 1.21 bits per heavy atom. The van der Waals surface area contributed by atoms with Crippen molar-refractivity contribution in [3.63, 3.8) is 0 Å². The first-order chi connectivity index (χ1) is 16.3. The van der Waals surface area contributed by atoms with E-state index in [1.165, 1.54) is 11.0 Å². The highest BCUT2D eigenvalue weighted by atomic mass is 16.5. The fourth-order valence-corrected chi connectivity index (χ4v) is 4.25. The summed E-state index contributed by atoms with van der Waals surface area (Å²) in [5.41, 5.74) is 3.77. The number of morpholine rings is 1. The van der Waals surface area contributed by atoms with Crippen molar-refractivity contribution < 1.29 is 13.9 Å². The van der Waals surface area contributed by atoms with Crippen LogP contribution in [0.3, 0.4) is 0 Å². The van der Waals surface area contributed by atoms with Crippen molar-refractivity contribution in [3.8, 4) is 0 Å². The highest BCUT2D eigenvalue weighted by Crippen LogP contribution is 2.28. The minimum Gasteiger partial charge on any atom is -0.440 e. The minimum absolute atomic E-state index is 0.156. The van der Waals surface area contributed by atoms with Crippen LogP contribution in [-0.2, 0) is 11.3 Å². The number of hydrogen-bond donors (Lipinski definition) is 0.